The Morgan fingerprint density at radius 1 is 0.317 bits per heavy atom. The van der Waals surface area contributed by atoms with E-state index >= 15 is 0 Å². The number of carboxylic acids is 3. The summed E-state index contributed by atoms with van der Waals surface area (Å²) >= 11 is 0. The van der Waals surface area contributed by atoms with E-state index in [0.29, 0.717) is 12.8 Å². The van der Waals surface area contributed by atoms with Gasteiger partial charge in [-0.05, 0) is 57.8 Å². The second-order valence-electron chi connectivity index (χ2n) is 19.0. The zero-order valence-corrected chi connectivity index (χ0v) is 40.0. The molecule has 0 aromatic carbocycles. The number of carboxylic acid groups (broad SMARTS) is 3. The normalized spacial score (nSPS) is 12.7. The number of allylic oxidation sites excluding steroid dienone is 2. The van der Waals surface area contributed by atoms with E-state index < -0.39 is 23.3 Å². The monoisotopic (exact) mass is 847 g/mol. The van der Waals surface area contributed by atoms with Gasteiger partial charge in [0.25, 0.3) is 0 Å². The molecule has 0 spiro atoms. The first-order valence-corrected chi connectivity index (χ1v) is 26.7. The Kier molecular flexibility index (Phi) is 45.2. The van der Waals surface area contributed by atoms with Gasteiger partial charge in [0.2, 0.25) is 0 Å². The van der Waals surface area contributed by atoms with Crippen LogP contribution in [-0.2, 0) is 14.4 Å². The van der Waals surface area contributed by atoms with E-state index in [2.05, 4.69) is 19.1 Å². The minimum atomic E-state index is -0.683. The topological polar surface area (TPSA) is 112 Å². The standard InChI is InChI=1S/C54H102O6/c1-2-3-4-5-6-7-8-9-18-23-28-33-38-43-48-54(53(59)60,49-44-39-34-29-24-19-14-10-12-16-21-26-31-36-41-46-51(55)56)50-45-40-35-30-25-20-15-11-13-17-22-27-32-37-42-47-52(57)58/h10,12H,2-9,11,13-50H2,1H3,(H,55,56)(H,57,58)(H,59,60). The number of rotatable bonds is 51. The van der Waals surface area contributed by atoms with Gasteiger partial charge in [-0.2, -0.15) is 0 Å². The van der Waals surface area contributed by atoms with Gasteiger partial charge in [0.15, 0.2) is 0 Å². The Bertz CT molecular complexity index is 962. The molecule has 0 saturated heterocycles. The lowest BCUT2D eigenvalue weighted by atomic mass is 9.74. The fourth-order valence-corrected chi connectivity index (χ4v) is 9.13. The molecule has 60 heavy (non-hydrogen) atoms. The van der Waals surface area contributed by atoms with Crippen molar-refractivity contribution in [2.45, 2.75) is 309 Å². The molecule has 0 aliphatic carbocycles. The summed E-state index contributed by atoms with van der Waals surface area (Å²) in [4.78, 5) is 34.2. The van der Waals surface area contributed by atoms with Crippen molar-refractivity contribution in [2.24, 2.45) is 5.41 Å². The van der Waals surface area contributed by atoms with Crippen LogP contribution in [-0.4, -0.2) is 33.2 Å². The molecule has 0 radical (unpaired) electrons. The SMILES string of the molecule is CCCCCCCCCCCCCCCCC(CCCCCCCCC=CCCCCCCCC(=O)O)(CCCCCCCCCCCCCCCCCC(=O)O)C(=O)O. The number of unbranched alkanes of at least 4 members (excludes halogenated alkanes) is 38. The van der Waals surface area contributed by atoms with Crippen molar-refractivity contribution in [3.63, 3.8) is 0 Å². The van der Waals surface area contributed by atoms with Crippen LogP contribution in [0, 0.1) is 5.41 Å². The second-order valence-corrected chi connectivity index (χ2v) is 19.0. The highest BCUT2D eigenvalue weighted by Gasteiger charge is 2.36. The van der Waals surface area contributed by atoms with Crippen LogP contribution >= 0.6 is 0 Å². The van der Waals surface area contributed by atoms with Gasteiger partial charge in [-0.1, -0.05) is 250 Å². The van der Waals surface area contributed by atoms with Crippen molar-refractivity contribution in [1.29, 1.82) is 0 Å². The molecule has 354 valence electrons. The molecule has 0 fully saturated rings. The second kappa shape index (κ2) is 46.6. The van der Waals surface area contributed by atoms with Crippen LogP contribution in [0.2, 0.25) is 0 Å². The van der Waals surface area contributed by atoms with E-state index in [4.69, 9.17) is 10.2 Å². The lowest BCUT2D eigenvalue weighted by Gasteiger charge is -2.30. The Labute approximate surface area is 372 Å². The lowest BCUT2D eigenvalue weighted by Crippen LogP contribution is -2.31. The van der Waals surface area contributed by atoms with Gasteiger partial charge in [0.05, 0.1) is 5.41 Å². The number of aliphatic carboxylic acids is 3. The quantitative estimate of drug-likeness (QED) is 0.0415. The lowest BCUT2D eigenvalue weighted by molar-refractivity contribution is -0.151. The van der Waals surface area contributed by atoms with Gasteiger partial charge in [0, 0.05) is 12.8 Å². The first kappa shape index (κ1) is 58.1. The first-order valence-electron chi connectivity index (χ1n) is 26.7. The van der Waals surface area contributed by atoms with Gasteiger partial charge in [-0.3, -0.25) is 14.4 Å². The Morgan fingerprint density at radius 3 is 0.767 bits per heavy atom. The highest BCUT2D eigenvalue weighted by molar-refractivity contribution is 5.74. The third-order valence-corrected chi connectivity index (χ3v) is 13.2. The van der Waals surface area contributed by atoms with Crippen LogP contribution in [0.4, 0.5) is 0 Å². The fraction of sp³-hybridized carbons (Fsp3) is 0.907. The molecule has 3 N–H and O–H groups in total. The number of hydrogen-bond acceptors (Lipinski definition) is 3. The Hall–Kier alpha value is -1.85. The zero-order valence-electron chi connectivity index (χ0n) is 40.0. The van der Waals surface area contributed by atoms with E-state index in [1.165, 1.54) is 199 Å². The summed E-state index contributed by atoms with van der Waals surface area (Å²) in [5.41, 5.74) is -0.529. The zero-order chi connectivity index (χ0) is 43.9. The van der Waals surface area contributed by atoms with Gasteiger partial charge in [-0.15, -0.1) is 0 Å². The maximum absolute atomic E-state index is 13.0. The highest BCUT2D eigenvalue weighted by atomic mass is 16.4. The molecule has 6 heteroatoms. The third kappa shape index (κ3) is 42.8. The van der Waals surface area contributed by atoms with E-state index in [0.717, 1.165) is 89.9 Å². The maximum Gasteiger partial charge on any atom is 0.309 e. The van der Waals surface area contributed by atoms with Crippen LogP contribution in [0.1, 0.15) is 309 Å². The van der Waals surface area contributed by atoms with Crippen molar-refractivity contribution in [3.8, 4) is 0 Å². The van der Waals surface area contributed by atoms with Crippen LogP contribution in [0.3, 0.4) is 0 Å². The van der Waals surface area contributed by atoms with E-state index in [-0.39, 0.29) is 0 Å². The Balaban J connectivity index is 4.36. The summed E-state index contributed by atoms with van der Waals surface area (Å²) < 4.78 is 0. The summed E-state index contributed by atoms with van der Waals surface area (Å²) in [6.07, 6.45) is 59.6. The summed E-state index contributed by atoms with van der Waals surface area (Å²) in [6, 6.07) is 0. The summed E-state index contributed by atoms with van der Waals surface area (Å²) in [5, 5.41) is 28.1. The summed E-state index contributed by atoms with van der Waals surface area (Å²) in [6.45, 7) is 2.28. The molecule has 0 bridgehead atoms. The van der Waals surface area contributed by atoms with Crippen molar-refractivity contribution in [2.75, 3.05) is 0 Å². The molecule has 0 amide bonds. The Morgan fingerprint density at radius 2 is 0.533 bits per heavy atom. The molecule has 0 aromatic rings. The van der Waals surface area contributed by atoms with Crippen molar-refractivity contribution in [3.05, 3.63) is 12.2 Å². The third-order valence-electron chi connectivity index (χ3n) is 13.2. The van der Waals surface area contributed by atoms with Gasteiger partial charge in [-0.25, -0.2) is 0 Å². The molecular weight excluding hydrogens is 745 g/mol. The maximum atomic E-state index is 13.0. The van der Waals surface area contributed by atoms with Gasteiger partial charge in [0.1, 0.15) is 0 Å². The van der Waals surface area contributed by atoms with E-state index in [1.807, 2.05) is 0 Å². The molecule has 0 heterocycles. The molecule has 0 aliphatic heterocycles. The smallest absolute Gasteiger partial charge is 0.309 e. The van der Waals surface area contributed by atoms with Crippen LogP contribution in [0.15, 0.2) is 12.2 Å². The molecule has 6 nitrogen and oxygen atoms in total. The summed E-state index contributed by atoms with van der Waals surface area (Å²) in [7, 11) is 0. The van der Waals surface area contributed by atoms with Crippen LogP contribution < -0.4 is 0 Å². The average Bonchev–Trinajstić information content (AvgIpc) is 3.22. The number of hydrogen-bond donors (Lipinski definition) is 3. The minimum absolute atomic E-state index is 0.301. The molecule has 0 saturated carbocycles. The van der Waals surface area contributed by atoms with Crippen molar-refractivity contribution < 1.29 is 29.7 Å². The van der Waals surface area contributed by atoms with E-state index in [1.54, 1.807) is 0 Å². The molecule has 0 rings (SSSR count). The first-order chi connectivity index (χ1) is 29.3. The largest absolute Gasteiger partial charge is 0.481 e. The molecular formula is C54H102O6. The molecule has 1 unspecified atom stereocenters. The van der Waals surface area contributed by atoms with Crippen molar-refractivity contribution in [1.82, 2.24) is 0 Å². The predicted octanol–water partition coefficient (Wildman–Crippen LogP) is 18.1. The van der Waals surface area contributed by atoms with Gasteiger partial charge >= 0.3 is 17.9 Å². The predicted molar refractivity (Wildman–Crippen MR) is 257 cm³/mol. The van der Waals surface area contributed by atoms with Crippen molar-refractivity contribution >= 4 is 17.9 Å². The van der Waals surface area contributed by atoms with E-state index in [9.17, 15) is 19.5 Å². The minimum Gasteiger partial charge on any atom is -0.481 e. The summed E-state index contributed by atoms with van der Waals surface area (Å²) in [5.74, 6) is -1.88. The number of carbonyl (C=O) groups is 3. The average molecular weight is 847 g/mol. The van der Waals surface area contributed by atoms with Gasteiger partial charge < -0.3 is 15.3 Å². The molecule has 1 atom stereocenters. The molecule has 0 aromatic heterocycles. The van der Waals surface area contributed by atoms with Crippen LogP contribution in [0.25, 0.3) is 0 Å². The highest BCUT2D eigenvalue weighted by Crippen LogP contribution is 2.38. The fourth-order valence-electron chi connectivity index (χ4n) is 9.13. The molecule has 0 aliphatic rings. The van der Waals surface area contributed by atoms with Crippen LogP contribution in [0.5, 0.6) is 0 Å².